The zero-order chi connectivity index (χ0) is 13.0. The number of nitrogens with zero attached hydrogens (tertiary/aromatic N) is 4. The fourth-order valence-corrected chi connectivity index (χ4v) is 1.16. The monoisotopic (exact) mass is 237 g/mol. The van der Waals surface area contributed by atoms with Crippen molar-refractivity contribution in [2.45, 2.75) is 0 Å². The summed E-state index contributed by atoms with van der Waals surface area (Å²) in [7, 11) is 1.40. The molecule has 0 aliphatic rings. The SMILES string of the molecule is C=N/C=C\N(N)c1cc([N+](=O)[O-])cn(C)c1=O. The van der Waals surface area contributed by atoms with Gasteiger partial charge in [0.2, 0.25) is 0 Å². The van der Waals surface area contributed by atoms with Gasteiger partial charge in [-0.25, -0.2) is 5.84 Å². The summed E-state index contributed by atoms with van der Waals surface area (Å²) in [5.74, 6) is 5.54. The summed E-state index contributed by atoms with van der Waals surface area (Å²) in [4.78, 5) is 25.1. The van der Waals surface area contributed by atoms with E-state index in [2.05, 4.69) is 11.7 Å². The number of aliphatic imine (C=N–C) groups is 1. The van der Waals surface area contributed by atoms with Crippen molar-refractivity contribution in [2.24, 2.45) is 17.9 Å². The first kappa shape index (κ1) is 12.6. The zero-order valence-corrected chi connectivity index (χ0v) is 9.11. The molecule has 0 unspecified atom stereocenters. The Morgan fingerprint density at radius 1 is 1.71 bits per heavy atom. The maximum atomic E-state index is 11.7. The number of hydrazine groups is 1. The Balaban J connectivity index is 3.31. The van der Waals surface area contributed by atoms with Gasteiger partial charge in [-0.15, -0.1) is 0 Å². The first-order valence-electron chi connectivity index (χ1n) is 4.49. The van der Waals surface area contributed by atoms with Gasteiger partial charge in [-0.05, 0) is 6.72 Å². The van der Waals surface area contributed by atoms with Gasteiger partial charge in [0.25, 0.3) is 11.2 Å². The van der Waals surface area contributed by atoms with Gasteiger partial charge < -0.3 is 4.57 Å². The fourth-order valence-electron chi connectivity index (χ4n) is 1.16. The molecule has 0 radical (unpaired) electrons. The Kier molecular flexibility index (Phi) is 3.73. The highest BCUT2D eigenvalue weighted by molar-refractivity contribution is 5.51. The Labute approximate surface area is 96.4 Å². The van der Waals surface area contributed by atoms with Crippen LogP contribution in [-0.2, 0) is 7.05 Å². The largest absolute Gasteiger partial charge is 0.310 e. The van der Waals surface area contributed by atoms with Gasteiger partial charge in [0, 0.05) is 25.5 Å². The Morgan fingerprint density at radius 2 is 2.35 bits per heavy atom. The molecule has 0 bridgehead atoms. The van der Waals surface area contributed by atoms with Crippen LogP contribution in [0.2, 0.25) is 0 Å². The van der Waals surface area contributed by atoms with Crippen molar-refractivity contribution in [1.29, 1.82) is 0 Å². The van der Waals surface area contributed by atoms with Crippen LogP contribution < -0.4 is 16.4 Å². The minimum absolute atomic E-state index is 0.0263. The van der Waals surface area contributed by atoms with Gasteiger partial charge >= 0.3 is 0 Å². The second-order valence-electron chi connectivity index (χ2n) is 3.14. The second-order valence-corrected chi connectivity index (χ2v) is 3.14. The molecule has 90 valence electrons. The molecular formula is C9H11N5O3. The van der Waals surface area contributed by atoms with Gasteiger partial charge in [-0.2, -0.15) is 0 Å². The molecule has 1 rings (SSSR count). The van der Waals surface area contributed by atoms with Crippen LogP contribution in [0.3, 0.4) is 0 Å². The lowest BCUT2D eigenvalue weighted by atomic mass is 10.3. The van der Waals surface area contributed by atoms with E-state index in [1.165, 1.54) is 19.4 Å². The quantitative estimate of drug-likeness (QED) is 0.347. The molecule has 0 spiro atoms. The lowest BCUT2D eigenvalue weighted by Gasteiger charge is -2.12. The van der Waals surface area contributed by atoms with E-state index >= 15 is 0 Å². The van der Waals surface area contributed by atoms with Crippen LogP contribution in [0.5, 0.6) is 0 Å². The van der Waals surface area contributed by atoms with E-state index in [9.17, 15) is 14.9 Å². The van der Waals surface area contributed by atoms with E-state index in [1.54, 1.807) is 0 Å². The van der Waals surface area contributed by atoms with Crippen LogP contribution in [0.15, 0.2) is 34.5 Å². The van der Waals surface area contributed by atoms with E-state index in [0.717, 1.165) is 21.8 Å². The third-order valence-corrected chi connectivity index (χ3v) is 1.97. The molecule has 0 aliphatic heterocycles. The molecule has 2 N–H and O–H groups in total. The standard InChI is InChI=1S/C9H11N5O3/c1-11-3-4-13(10)8-5-7(14(16)17)6-12(2)9(8)15/h3-6H,1,10H2,2H3/b4-3-. The predicted octanol–water partition coefficient (Wildman–Crippen LogP) is 0.145. The lowest BCUT2D eigenvalue weighted by Crippen LogP contribution is -2.32. The van der Waals surface area contributed by atoms with Crippen molar-refractivity contribution in [3.8, 4) is 0 Å². The van der Waals surface area contributed by atoms with Crippen LogP contribution in [0, 0.1) is 10.1 Å². The van der Waals surface area contributed by atoms with Crippen molar-refractivity contribution < 1.29 is 4.92 Å². The zero-order valence-electron chi connectivity index (χ0n) is 9.11. The molecule has 1 aromatic heterocycles. The summed E-state index contributed by atoms with van der Waals surface area (Å²) >= 11 is 0. The van der Waals surface area contributed by atoms with Crippen LogP contribution in [0.4, 0.5) is 11.4 Å². The summed E-state index contributed by atoms with van der Waals surface area (Å²) in [6.45, 7) is 3.20. The van der Waals surface area contributed by atoms with E-state index in [4.69, 9.17) is 5.84 Å². The average Bonchev–Trinajstić information content (AvgIpc) is 2.29. The summed E-state index contributed by atoms with van der Waals surface area (Å²) < 4.78 is 1.09. The highest BCUT2D eigenvalue weighted by atomic mass is 16.6. The first-order chi connectivity index (χ1) is 7.97. The number of anilines is 1. The molecule has 0 saturated heterocycles. The van der Waals surface area contributed by atoms with E-state index in [0.29, 0.717) is 0 Å². The highest BCUT2D eigenvalue weighted by Crippen LogP contribution is 2.14. The second kappa shape index (κ2) is 5.03. The fraction of sp³-hybridized carbons (Fsp3) is 0.111. The third kappa shape index (κ3) is 2.75. The normalized spacial score (nSPS) is 10.5. The molecule has 0 amide bonds. The van der Waals surface area contributed by atoms with E-state index < -0.39 is 10.5 Å². The molecule has 17 heavy (non-hydrogen) atoms. The van der Waals surface area contributed by atoms with Crippen LogP contribution in [0.25, 0.3) is 0 Å². The molecule has 0 atom stereocenters. The number of hydrogen-bond donors (Lipinski definition) is 1. The van der Waals surface area contributed by atoms with Crippen LogP contribution in [-0.4, -0.2) is 16.2 Å². The number of nitro groups is 1. The van der Waals surface area contributed by atoms with Crippen molar-refractivity contribution in [3.63, 3.8) is 0 Å². The molecule has 0 fully saturated rings. The Bertz CT molecular complexity index is 534. The minimum Gasteiger partial charge on any atom is -0.310 e. The average molecular weight is 237 g/mol. The number of aryl methyl sites for hydroxylation is 1. The van der Waals surface area contributed by atoms with Crippen LogP contribution in [0.1, 0.15) is 0 Å². The number of aromatic nitrogens is 1. The molecule has 0 saturated carbocycles. The minimum atomic E-state index is -0.605. The number of pyridine rings is 1. The number of nitrogens with two attached hydrogens (primary N) is 1. The van der Waals surface area contributed by atoms with E-state index in [1.807, 2.05) is 0 Å². The molecular weight excluding hydrogens is 226 g/mol. The summed E-state index contributed by atoms with van der Waals surface area (Å²) in [5.41, 5.74) is -0.703. The summed E-state index contributed by atoms with van der Waals surface area (Å²) in [6, 6.07) is 1.09. The molecule has 1 aromatic rings. The molecule has 8 heteroatoms. The number of rotatable bonds is 4. The van der Waals surface area contributed by atoms with Gasteiger partial charge in [0.05, 0.1) is 11.1 Å². The first-order valence-corrected chi connectivity index (χ1v) is 4.49. The maximum absolute atomic E-state index is 11.7. The van der Waals surface area contributed by atoms with Crippen molar-refractivity contribution >= 4 is 18.1 Å². The number of hydrogen-bond acceptors (Lipinski definition) is 6. The Morgan fingerprint density at radius 3 is 2.88 bits per heavy atom. The topological polar surface area (TPSA) is 107 Å². The maximum Gasteiger partial charge on any atom is 0.287 e. The van der Waals surface area contributed by atoms with E-state index in [-0.39, 0.29) is 11.4 Å². The molecule has 0 aromatic carbocycles. The molecule has 8 nitrogen and oxygen atoms in total. The van der Waals surface area contributed by atoms with Gasteiger partial charge in [0.1, 0.15) is 5.69 Å². The van der Waals surface area contributed by atoms with Crippen molar-refractivity contribution in [1.82, 2.24) is 4.57 Å². The van der Waals surface area contributed by atoms with Gasteiger partial charge in [-0.3, -0.25) is 24.9 Å². The predicted molar refractivity (Wildman–Crippen MR) is 63.7 cm³/mol. The smallest absolute Gasteiger partial charge is 0.287 e. The molecule has 0 aliphatic carbocycles. The van der Waals surface area contributed by atoms with Gasteiger partial charge in [-0.1, -0.05) is 0 Å². The van der Waals surface area contributed by atoms with Crippen LogP contribution >= 0.6 is 0 Å². The van der Waals surface area contributed by atoms with Crippen molar-refractivity contribution in [2.75, 3.05) is 5.01 Å². The van der Waals surface area contributed by atoms with Crippen molar-refractivity contribution in [3.05, 3.63) is 45.1 Å². The summed E-state index contributed by atoms with van der Waals surface area (Å²) in [6.07, 6.45) is 3.65. The highest BCUT2D eigenvalue weighted by Gasteiger charge is 2.14. The molecule has 1 heterocycles. The third-order valence-electron chi connectivity index (χ3n) is 1.97. The van der Waals surface area contributed by atoms with Gasteiger partial charge in [0.15, 0.2) is 0 Å². The summed E-state index contributed by atoms with van der Waals surface area (Å²) in [5, 5.41) is 11.6. The Hall–Kier alpha value is -2.48. The lowest BCUT2D eigenvalue weighted by molar-refractivity contribution is -0.385.